The van der Waals surface area contributed by atoms with Crippen LogP contribution in [0.2, 0.25) is 0 Å². The van der Waals surface area contributed by atoms with Crippen LogP contribution < -0.4 is 15.8 Å². The monoisotopic (exact) mass is 425 g/mol. The molecule has 3 N–H and O–H groups in total. The van der Waals surface area contributed by atoms with Gasteiger partial charge in [-0.1, -0.05) is 18.9 Å². The number of benzene rings is 1. The predicted molar refractivity (Wildman–Crippen MR) is 117 cm³/mol. The van der Waals surface area contributed by atoms with Gasteiger partial charge in [0, 0.05) is 30.1 Å². The zero-order valence-electron chi connectivity index (χ0n) is 16.4. The normalized spacial score (nSPS) is 14.5. The number of hydrogen-bond donors (Lipinski definition) is 2. The highest BCUT2D eigenvalue weighted by molar-refractivity contribution is 5.95. The summed E-state index contributed by atoms with van der Waals surface area (Å²) in [5.41, 5.74) is 9.27. The molecule has 1 aromatic heterocycles. The molecule has 1 aliphatic rings. The number of amides is 1. The highest BCUT2D eigenvalue weighted by Gasteiger charge is 2.34. The maximum Gasteiger partial charge on any atom is 0.251 e. The topological polar surface area (TPSA) is 77.2 Å². The quantitative estimate of drug-likeness (QED) is 0.729. The lowest BCUT2D eigenvalue weighted by Gasteiger charge is -2.29. The number of nitrogens with one attached hydrogen (secondary N) is 1. The number of carbonyl (C=O) groups excluding carboxylic acids is 1. The first-order valence-electron chi connectivity index (χ1n) is 9.18. The number of ether oxygens (including phenoxy) is 1. The third kappa shape index (κ3) is 5.60. The minimum absolute atomic E-state index is 0. The molecule has 0 radical (unpaired) electrons. The van der Waals surface area contributed by atoms with Crippen LogP contribution >= 0.6 is 24.8 Å². The zero-order valence-corrected chi connectivity index (χ0v) is 18.0. The van der Waals surface area contributed by atoms with E-state index >= 15 is 0 Å². The second-order valence-electron chi connectivity index (χ2n) is 7.23. The number of aromatic nitrogens is 1. The number of hydrogen-bond acceptors (Lipinski definition) is 4. The van der Waals surface area contributed by atoms with Gasteiger partial charge in [-0.05, 0) is 56.0 Å². The molecule has 3 rings (SSSR count). The maximum absolute atomic E-state index is 12.7. The van der Waals surface area contributed by atoms with Crippen LogP contribution in [0.4, 0.5) is 0 Å². The first-order valence-corrected chi connectivity index (χ1v) is 9.18. The Labute approximate surface area is 179 Å². The molecule has 28 heavy (non-hydrogen) atoms. The van der Waals surface area contributed by atoms with Crippen molar-refractivity contribution in [1.29, 1.82) is 0 Å². The average Bonchev–Trinajstić information content (AvgIpc) is 3.10. The summed E-state index contributed by atoms with van der Waals surface area (Å²) in [5.74, 6) is 0.766. The van der Waals surface area contributed by atoms with E-state index in [1.54, 1.807) is 12.4 Å². The molecular formula is C21H29Cl2N3O2. The average molecular weight is 426 g/mol. The molecule has 1 saturated carbocycles. The van der Waals surface area contributed by atoms with Crippen LogP contribution in [0.5, 0.6) is 5.75 Å². The van der Waals surface area contributed by atoms with Gasteiger partial charge in [0.1, 0.15) is 12.4 Å². The highest BCUT2D eigenvalue weighted by atomic mass is 35.5. The number of rotatable bonds is 6. The summed E-state index contributed by atoms with van der Waals surface area (Å²) in [6, 6.07) is 7.65. The molecule has 2 aromatic rings. The molecule has 0 saturated heterocycles. The summed E-state index contributed by atoms with van der Waals surface area (Å²) in [6.07, 6.45) is 7.69. The van der Waals surface area contributed by atoms with E-state index in [9.17, 15) is 4.79 Å². The lowest BCUT2D eigenvalue weighted by Crippen LogP contribution is -2.51. The Bertz CT molecular complexity index is 755. The fourth-order valence-electron chi connectivity index (χ4n) is 3.69. The summed E-state index contributed by atoms with van der Waals surface area (Å²) < 4.78 is 5.97. The van der Waals surface area contributed by atoms with Crippen molar-refractivity contribution in [1.82, 2.24) is 10.3 Å². The zero-order chi connectivity index (χ0) is 18.6. The van der Waals surface area contributed by atoms with E-state index in [1.807, 2.05) is 38.1 Å². The minimum Gasteiger partial charge on any atom is -0.488 e. The Balaban J connectivity index is 0.00000196. The molecule has 0 bridgehead atoms. The lowest BCUT2D eigenvalue weighted by molar-refractivity contribution is 0.0903. The molecule has 1 amide bonds. The van der Waals surface area contributed by atoms with Crippen molar-refractivity contribution in [3.63, 3.8) is 0 Å². The molecular weight excluding hydrogens is 397 g/mol. The number of nitrogens with zero attached hydrogens (tertiary/aromatic N) is 1. The Morgan fingerprint density at radius 3 is 2.39 bits per heavy atom. The Morgan fingerprint density at radius 2 is 1.86 bits per heavy atom. The Kier molecular flexibility index (Phi) is 9.21. The number of carbonyl (C=O) groups is 1. The van der Waals surface area contributed by atoms with Crippen molar-refractivity contribution in [3.8, 4) is 5.75 Å². The molecule has 0 atom stereocenters. The summed E-state index contributed by atoms with van der Waals surface area (Å²) in [6.45, 7) is 4.88. The Hall–Kier alpha value is -1.82. The summed E-state index contributed by atoms with van der Waals surface area (Å²) in [7, 11) is 0. The summed E-state index contributed by atoms with van der Waals surface area (Å²) in [4.78, 5) is 16.8. The van der Waals surface area contributed by atoms with E-state index in [4.69, 9.17) is 10.5 Å². The van der Waals surface area contributed by atoms with Crippen molar-refractivity contribution in [2.24, 2.45) is 5.73 Å². The highest BCUT2D eigenvalue weighted by Crippen LogP contribution is 2.30. The second kappa shape index (κ2) is 10.6. The fourth-order valence-corrected chi connectivity index (χ4v) is 3.69. The number of halogens is 2. The number of pyridine rings is 1. The molecule has 1 heterocycles. The van der Waals surface area contributed by atoms with Gasteiger partial charge in [-0.2, -0.15) is 0 Å². The SMILES string of the molecule is Cc1cc(C(=O)NC2(CN)CCCC2)cc(C)c1OCc1cccnc1.Cl.Cl. The standard InChI is InChI=1S/C21H27N3O2.2ClH/c1-15-10-18(20(25)24-21(14-22)7-3-4-8-21)11-16(2)19(15)26-13-17-6-5-9-23-12-17;;/h5-6,9-12H,3-4,7-8,13-14,22H2,1-2H3,(H,24,25);2*1H. The van der Waals surface area contributed by atoms with Crippen LogP contribution in [0, 0.1) is 13.8 Å². The van der Waals surface area contributed by atoms with E-state index in [0.717, 1.165) is 48.1 Å². The van der Waals surface area contributed by atoms with Gasteiger partial charge in [-0.15, -0.1) is 24.8 Å². The van der Waals surface area contributed by atoms with Crippen molar-refractivity contribution >= 4 is 30.7 Å². The number of aryl methyl sites for hydroxylation is 2. The van der Waals surface area contributed by atoms with Crippen LogP contribution in [0.25, 0.3) is 0 Å². The number of nitrogens with two attached hydrogens (primary N) is 1. The first-order chi connectivity index (χ1) is 12.5. The van der Waals surface area contributed by atoms with Gasteiger partial charge in [0.2, 0.25) is 0 Å². The van der Waals surface area contributed by atoms with Crippen molar-refractivity contribution in [2.45, 2.75) is 51.7 Å². The molecule has 1 fully saturated rings. The van der Waals surface area contributed by atoms with E-state index in [-0.39, 0.29) is 36.3 Å². The molecule has 0 spiro atoms. The van der Waals surface area contributed by atoms with Crippen LogP contribution in [0.3, 0.4) is 0 Å². The molecule has 1 aromatic carbocycles. The lowest BCUT2D eigenvalue weighted by atomic mass is 9.96. The molecule has 154 valence electrons. The van der Waals surface area contributed by atoms with Gasteiger partial charge in [0.25, 0.3) is 5.91 Å². The van der Waals surface area contributed by atoms with Crippen LogP contribution in [-0.2, 0) is 6.61 Å². The van der Waals surface area contributed by atoms with Crippen LogP contribution in [0.1, 0.15) is 52.7 Å². The maximum atomic E-state index is 12.7. The summed E-state index contributed by atoms with van der Waals surface area (Å²) >= 11 is 0. The molecule has 0 aliphatic heterocycles. The molecule has 0 unspecified atom stereocenters. The minimum atomic E-state index is -0.242. The van der Waals surface area contributed by atoms with E-state index in [2.05, 4.69) is 10.3 Å². The van der Waals surface area contributed by atoms with E-state index < -0.39 is 0 Å². The van der Waals surface area contributed by atoms with Gasteiger partial charge in [0.05, 0.1) is 5.54 Å². The van der Waals surface area contributed by atoms with Crippen LogP contribution in [0.15, 0.2) is 36.7 Å². The van der Waals surface area contributed by atoms with Crippen molar-refractivity contribution in [3.05, 3.63) is 58.9 Å². The van der Waals surface area contributed by atoms with Gasteiger partial charge in [-0.3, -0.25) is 9.78 Å². The smallest absolute Gasteiger partial charge is 0.251 e. The summed E-state index contributed by atoms with van der Waals surface area (Å²) in [5, 5.41) is 3.18. The molecule has 1 aliphatic carbocycles. The third-order valence-corrected chi connectivity index (χ3v) is 5.16. The largest absolute Gasteiger partial charge is 0.488 e. The third-order valence-electron chi connectivity index (χ3n) is 5.16. The van der Waals surface area contributed by atoms with Crippen LogP contribution in [-0.4, -0.2) is 23.0 Å². The van der Waals surface area contributed by atoms with Crippen molar-refractivity contribution in [2.75, 3.05) is 6.54 Å². The Morgan fingerprint density at radius 1 is 1.21 bits per heavy atom. The van der Waals surface area contributed by atoms with E-state index in [0.29, 0.717) is 18.7 Å². The fraction of sp³-hybridized carbons (Fsp3) is 0.429. The molecule has 5 nitrogen and oxygen atoms in total. The predicted octanol–water partition coefficient (Wildman–Crippen LogP) is 4.12. The van der Waals surface area contributed by atoms with E-state index in [1.165, 1.54) is 0 Å². The van der Waals surface area contributed by atoms with Gasteiger partial charge >= 0.3 is 0 Å². The molecule has 7 heteroatoms. The van der Waals surface area contributed by atoms with Crippen molar-refractivity contribution < 1.29 is 9.53 Å². The first kappa shape index (κ1) is 24.2. The van der Waals surface area contributed by atoms with Gasteiger partial charge in [0.15, 0.2) is 0 Å². The second-order valence-corrected chi connectivity index (χ2v) is 7.23. The van der Waals surface area contributed by atoms with Gasteiger partial charge < -0.3 is 15.8 Å². The van der Waals surface area contributed by atoms with Gasteiger partial charge in [-0.25, -0.2) is 0 Å².